The zero-order valence-electron chi connectivity index (χ0n) is 21.6. The van der Waals surface area contributed by atoms with Crippen molar-refractivity contribution in [2.75, 3.05) is 0 Å². The van der Waals surface area contributed by atoms with Crippen LogP contribution in [0.25, 0.3) is 71.3 Å². The molecule has 186 valence electrons. The zero-order valence-corrected chi connectivity index (χ0v) is 21.6. The van der Waals surface area contributed by atoms with Gasteiger partial charge in [-0.3, -0.25) is 0 Å². The number of rotatable bonds is 2. The van der Waals surface area contributed by atoms with Gasteiger partial charge in [0.25, 0.3) is 0 Å². The summed E-state index contributed by atoms with van der Waals surface area (Å²) in [4.78, 5) is 0. The number of para-hydroxylation sites is 2. The van der Waals surface area contributed by atoms with Crippen LogP contribution in [0.2, 0.25) is 0 Å². The first-order chi connectivity index (χ1) is 19.8. The van der Waals surface area contributed by atoms with Gasteiger partial charge in [0.2, 0.25) is 0 Å². The second kappa shape index (κ2) is 8.08. The largest absolute Gasteiger partial charge is 0.456 e. The summed E-state index contributed by atoms with van der Waals surface area (Å²) in [6.45, 7) is 0. The highest BCUT2D eigenvalue weighted by molar-refractivity contribution is 6.18. The first-order valence-electron chi connectivity index (χ1n) is 13.7. The lowest BCUT2D eigenvalue weighted by molar-refractivity contribution is 0.487. The number of nitrogens with zero attached hydrogens (tertiary/aromatic N) is 1. The molecule has 1 aliphatic rings. The minimum atomic E-state index is 0.915. The normalized spacial score (nSPS) is 12.2. The molecule has 40 heavy (non-hydrogen) atoms. The molecule has 0 N–H and O–H groups in total. The molecule has 0 saturated heterocycles. The molecule has 2 heteroatoms. The quantitative estimate of drug-likeness (QED) is 0.226. The van der Waals surface area contributed by atoms with Crippen molar-refractivity contribution in [2.24, 2.45) is 0 Å². The van der Waals surface area contributed by atoms with Crippen molar-refractivity contribution in [3.63, 3.8) is 0 Å². The van der Waals surface area contributed by atoms with E-state index in [1.54, 1.807) is 0 Å². The minimum absolute atomic E-state index is 0.915. The van der Waals surface area contributed by atoms with Gasteiger partial charge in [0.1, 0.15) is 11.5 Å². The van der Waals surface area contributed by atoms with Gasteiger partial charge in [-0.1, -0.05) is 109 Å². The number of hydrogen-bond donors (Lipinski definition) is 0. The molecule has 0 radical (unpaired) electrons. The van der Waals surface area contributed by atoms with Crippen LogP contribution >= 0.6 is 0 Å². The third kappa shape index (κ3) is 2.93. The predicted octanol–water partition coefficient (Wildman–Crippen LogP) is 10.5. The van der Waals surface area contributed by atoms with Crippen LogP contribution in [0.3, 0.4) is 0 Å². The lowest BCUT2D eigenvalue weighted by Gasteiger charge is -2.22. The van der Waals surface area contributed by atoms with E-state index < -0.39 is 0 Å². The monoisotopic (exact) mass is 509 g/mol. The lowest BCUT2D eigenvalue weighted by atomic mass is 9.90. The smallest absolute Gasteiger partial charge is 0.135 e. The summed E-state index contributed by atoms with van der Waals surface area (Å²) >= 11 is 0. The summed E-state index contributed by atoms with van der Waals surface area (Å²) in [5.41, 5.74) is 8.41. The fourth-order valence-electron chi connectivity index (χ4n) is 6.62. The van der Waals surface area contributed by atoms with E-state index in [0.717, 1.165) is 22.7 Å². The molecule has 2 heterocycles. The van der Waals surface area contributed by atoms with E-state index in [1.165, 1.54) is 60.0 Å². The van der Waals surface area contributed by atoms with Crippen molar-refractivity contribution < 1.29 is 4.74 Å². The summed E-state index contributed by atoms with van der Waals surface area (Å²) in [6, 6.07) is 50.1. The highest BCUT2D eigenvalue weighted by Gasteiger charge is 2.21. The van der Waals surface area contributed by atoms with Crippen LogP contribution in [0.1, 0.15) is 0 Å². The van der Waals surface area contributed by atoms with Gasteiger partial charge in [0.15, 0.2) is 0 Å². The highest BCUT2D eigenvalue weighted by Crippen LogP contribution is 2.48. The van der Waals surface area contributed by atoms with Crippen molar-refractivity contribution in [1.82, 2.24) is 4.57 Å². The number of hydrogen-bond acceptors (Lipinski definition) is 1. The van der Waals surface area contributed by atoms with Gasteiger partial charge in [-0.15, -0.1) is 0 Å². The van der Waals surface area contributed by atoms with E-state index in [4.69, 9.17) is 4.74 Å². The molecule has 1 aromatic heterocycles. The molecule has 0 bridgehead atoms. The Kier molecular flexibility index (Phi) is 4.36. The first kappa shape index (κ1) is 21.6. The van der Waals surface area contributed by atoms with Crippen molar-refractivity contribution in [2.45, 2.75) is 0 Å². The van der Waals surface area contributed by atoms with Crippen molar-refractivity contribution in [3.05, 3.63) is 140 Å². The Morgan fingerprint density at radius 3 is 2.10 bits per heavy atom. The van der Waals surface area contributed by atoms with E-state index in [1.807, 2.05) is 12.1 Å². The average molecular weight is 510 g/mol. The molecule has 0 amide bonds. The molecule has 0 aliphatic carbocycles. The number of aromatic nitrogens is 1. The highest BCUT2D eigenvalue weighted by atomic mass is 16.5. The maximum Gasteiger partial charge on any atom is 0.135 e. The standard InChI is InChI=1S/C38H23NO/c1-2-9-28-24(8-1)18-21-33-29-10-3-5-14-34(29)39(38(28)33)26-19-16-25(17-20-26)27-22-23-36-37-31(27)12-7-13-32(37)30-11-4-6-15-35(30)40-36/h1-23H. The number of ether oxygens (including phenoxy) is 1. The molecule has 7 aromatic carbocycles. The molecule has 0 spiro atoms. The minimum Gasteiger partial charge on any atom is -0.456 e. The van der Waals surface area contributed by atoms with Gasteiger partial charge in [-0.25, -0.2) is 0 Å². The molecule has 0 atom stereocenters. The Balaban J connectivity index is 1.25. The van der Waals surface area contributed by atoms with Gasteiger partial charge in [0.05, 0.1) is 11.0 Å². The Hall–Kier alpha value is -5.34. The molecule has 8 aromatic rings. The fraction of sp³-hybridized carbons (Fsp3) is 0. The third-order valence-electron chi connectivity index (χ3n) is 8.40. The van der Waals surface area contributed by atoms with E-state index in [2.05, 4.69) is 132 Å². The Morgan fingerprint density at radius 2 is 1.18 bits per heavy atom. The average Bonchev–Trinajstić information content (AvgIpc) is 3.36. The summed E-state index contributed by atoms with van der Waals surface area (Å²) in [5.74, 6) is 1.83. The molecular weight excluding hydrogens is 486 g/mol. The summed E-state index contributed by atoms with van der Waals surface area (Å²) < 4.78 is 8.74. The van der Waals surface area contributed by atoms with Crippen LogP contribution < -0.4 is 4.74 Å². The van der Waals surface area contributed by atoms with Crippen molar-refractivity contribution in [3.8, 4) is 39.4 Å². The molecular formula is C38H23NO. The van der Waals surface area contributed by atoms with Gasteiger partial charge >= 0.3 is 0 Å². The molecule has 0 unspecified atom stereocenters. The van der Waals surface area contributed by atoms with Gasteiger partial charge in [0, 0.05) is 32.8 Å². The van der Waals surface area contributed by atoms with Crippen LogP contribution in [0.5, 0.6) is 11.5 Å². The lowest BCUT2D eigenvalue weighted by Crippen LogP contribution is -1.98. The topological polar surface area (TPSA) is 14.2 Å². The van der Waals surface area contributed by atoms with Crippen LogP contribution in [-0.2, 0) is 0 Å². The molecule has 0 saturated carbocycles. The second-order valence-corrected chi connectivity index (χ2v) is 10.5. The SMILES string of the molecule is c1ccc2c(c1)Oc1ccc(-c3ccc(-n4c5ccccc5c5ccc6ccccc6c54)cc3)c3cccc-2c13. The third-order valence-corrected chi connectivity index (χ3v) is 8.40. The predicted molar refractivity (Wildman–Crippen MR) is 167 cm³/mol. The maximum absolute atomic E-state index is 6.32. The molecule has 0 fully saturated rings. The van der Waals surface area contributed by atoms with Crippen molar-refractivity contribution in [1.29, 1.82) is 0 Å². The van der Waals surface area contributed by atoms with Crippen molar-refractivity contribution >= 4 is 43.4 Å². The van der Waals surface area contributed by atoms with Gasteiger partial charge in [-0.2, -0.15) is 0 Å². The summed E-state index contributed by atoms with van der Waals surface area (Å²) in [7, 11) is 0. The molecule has 9 rings (SSSR count). The zero-order chi connectivity index (χ0) is 26.2. The van der Waals surface area contributed by atoms with Crippen LogP contribution in [0.15, 0.2) is 140 Å². The maximum atomic E-state index is 6.32. The second-order valence-electron chi connectivity index (χ2n) is 10.5. The van der Waals surface area contributed by atoms with E-state index in [9.17, 15) is 0 Å². The molecule has 2 nitrogen and oxygen atoms in total. The molecule has 1 aliphatic heterocycles. The van der Waals surface area contributed by atoms with Gasteiger partial charge in [-0.05, 0) is 57.8 Å². The van der Waals surface area contributed by atoms with E-state index in [0.29, 0.717) is 0 Å². The number of fused-ring (bicyclic) bond motifs is 7. The first-order valence-corrected chi connectivity index (χ1v) is 13.7. The Bertz CT molecular complexity index is 2290. The summed E-state index contributed by atoms with van der Waals surface area (Å²) in [6.07, 6.45) is 0. The van der Waals surface area contributed by atoms with Crippen LogP contribution in [0.4, 0.5) is 0 Å². The Labute approximate surface area is 231 Å². The Morgan fingerprint density at radius 1 is 0.425 bits per heavy atom. The van der Waals surface area contributed by atoms with E-state index >= 15 is 0 Å². The summed E-state index contributed by atoms with van der Waals surface area (Å²) in [5, 5.41) is 7.46. The fourth-order valence-corrected chi connectivity index (χ4v) is 6.62. The van der Waals surface area contributed by atoms with E-state index in [-0.39, 0.29) is 0 Å². The van der Waals surface area contributed by atoms with Crippen LogP contribution in [0, 0.1) is 0 Å². The number of benzene rings is 7. The van der Waals surface area contributed by atoms with Crippen LogP contribution in [-0.4, -0.2) is 4.57 Å². The van der Waals surface area contributed by atoms with Gasteiger partial charge < -0.3 is 9.30 Å².